The first-order valence-electron chi connectivity index (χ1n) is 5.12. The second kappa shape index (κ2) is 8.05. The first-order chi connectivity index (χ1) is 6.16. The van der Waals surface area contributed by atoms with Crippen LogP contribution < -0.4 is 5.32 Å². The molecule has 0 fully saturated rings. The Morgan fingerprint density at radius 3 is 2.69 bits per heavy atom. The molecule has 0 aromatic carbocycles. The molecule has 0 aromatic heterocycles. The second-order valence-electron chi connectivity index (χ2n) is 3.49. The SMILES string of the molecule is CCCCC[C@@H](C)NCCC(=O)O. The van der Waals surface area contributed by atoms with E-state index in [1.54, 1.807) is 0 Å². The van der Waals surface area contributed by atoms with Gasteiger partial charge in [0.15, 0.2) is 0 Å². The second-order valence-corrected chi connectivity index (χ2v) is 3.49. The van der Waals surface area contributed by atoms with Gasteiger partial charge < -0.3 is 10.4 Å². The predicted octanol–water partition coefficient (Wildman–Crippen LogP) is 2.02. The molecule has 0 radical (unpaired) electrons. The van der Waals surface area contributed by atoms with Crippen LogP contribution in [0.1, 0.15) is 46.0 Å². The van der Waals surface area contributed by atoms with Crippen LogP contribution in [-0.4, -0.2) is 23.7 Å². The van der Waals surface area contributed by atoms with Gasteiger partial charge in [-0.2, -0.15) is 0 Å². The van der Waals surface area contributed by atoms with Gasteiger partial charge in [-0.1, -0.05) is 26.2 Å². The maximum atomic E-state index is 10.2. The van der Waals surface area contributed by atoms with Crippen LogP contribution in [0.2, 0.25) is 0 Å². The lowest BCUT2D eigenvalue weighted by molar-refractivity contribution is -0.136. The first kappa shape index (κ1) is 12.4. The van der Waals surface area contributed by atoms with Gasteiger partial charge in [-0.3, -0.25) is 4.79 Å². The van der Waals surface area contributed by atoms with Gasteiger partial charge in [-0.15, -0.1) is 0 Å². The Balaban J connectivity index is 3.19. The van der Waals surface area contributed by atoms with Gasteiger partial charge in [-0.05, 0) is 13.3 Å². The van der Waals surface area contributed by atoms with Gasteiger partial charge in [0.2, 0.25) is 0 Å². The molecule has 1 atom stereocenters. The van der Waals surface area contributed by atoms with E-state index in [-0.39, 0.29) is 6.42 Å². The van der Waals surface area contributed by atoms with Crippen LogP contribution in [0.5, 0.6) is 0 Å². The third-order valence-corrected chi connectivity index (χ3v) is 2.07. The van der Waals surface area contributed by atoms with E-state index in [1.807, 2.05) is 0 Å². The van der Waals surface area contributed by atoms with Crippen molar-refractivity contribution in [2.24, 2.45) is 0 Å². The van der Waals surface area contributed by atoms with Crippen molar-refractivity contribution >= 4 is 5.97 Å². The molecule has 3 heteroatoms. The standard InChI is InChI=1S/C10H21NO2/c1-3-4-5-6-9(2)11-8-7-10(12)13/h9,11H,3-8H2,1-2H3,(H,12,13)/t9-/m1/s1. The Hall–Kier alpha value is -0.570. The minimum absolute atomic E-state index is 0.220. The van der Waals surface area contributed by atoms with Gasteiger partial charge in [0.1, 0.15) is 0 Å². The highest BCUT2D eigenvalue weighted by Gasteiger charge is 2.01. The Morgan fingerprint density at radius 1 is 1.46 bits per heavy atom. The zero-order valence-electron chi connectivity index (χ0n) is 8.68. The van der Waals surface area contributed by atoms with E-state index in [9.17, 15) is 4.79 Å². The number of carboxylic acid groups (broad SMARTS) is 1. The molecule has 0 spiro atoms. The van der Waals surface area contributed by atoms with Gasteiger partial charge in [-0.25, -0.2) is 0 Å². The van der Waals surface area contributed by atoms with E-state index in [1.165, 1.54) is 19.3 Å². The van der Waals surface area contributed by atoms with Crippen LogP contribution in [0.4, 0.5) is 0 Å². The van der Waals surface area contributed by atoms with Crippen LogP contribution in [-0.2, 0) is 4.79 Å². The van der Waals surface area contributed by atoms with Crippen molar-refractivity contribution in [3.63, 3.8) is 0 Å². The van der Waals surface area contributed by atoms with Gasteiger partial charge in [0.25, 0.3) is 0 Å². The number of hydrogen-bond acceptors (Lipinski definition) is 2. The van der Waals surface area contributed by atoms with E-state index < -0.39 is 5.97 Å². The molecule has 78 valence electrons. The number of unbranched alkanes of at least 4 members (excludes halogenated alkanes) is 2. The summed E-state index contributed by atoms with van der Waals surface area (Å²) >= 11 is 0. The summed E-state index contributed by atoms with van der Waals surface area (Å²) in [5.41, 5.74) is 0. The zero-order chi connectivity index (χ0) is 10.1. The minimum atomic E-state index is -0.728. The summed E-state index contributed by atoms with van der Waals surface area (Å²) in [7, 11) is 0. The molecule has 0 aliphatic carbocycles. The topological polar surface area (TPSA) is 49.3 Å². The summed E-state index contributed by atoms with van der Waals surface area (Å²) in [5.74, 6) is -0.728. The van der Waals surface area contributed by atoms with Crippen molar-refractivity contribution in [3.8, 4) is 0 Å². The molecule has 0 bridgehead atoms. The number of nitrogens with one attached hydrogen (secondary N) is 1. The number of carbonyl (C=O) groups is 1. The Morgan fingerprint density at radius 2 is 2.15 bits per heavy atom. The van der Waals surface area contributed by atoms with Gasteiger partial charge >= 0.3 is 5.97 Å². The quantitative estimate of drug-likeness (QED) is 0.571. The third-order valence-electron chi connectivity index (χ3n) is 2.07. The summed E-state index contributed by atoms with van der Waals surface area (Å²) in [6.07, 6.45) is 5.11. The molecular weight excluding hydrogens is 166 g/mol. The summed E-state index contributed by atoms with van der Waals surface area (Å²) in [5, 5.41) is 11.6. The Labute approximate surface area is 80.5 Å². The predicted molar refractivity (Wildman–Crippen MR) is 53.9 cm³/mol. The number of rotatable bonds is 8. The fourth-order valence-corrected chi connectivity index (χ4v) is 1.23. The largest absolute Gasteiger partial charge is 0.481 e. The molecule has 2 N–H and O–H groups in total. The van der Waals surface area contributed by atoms with Crippen molar-refractivity contribution in [1.29, 1.82) is 0 Å². The number of carboxylic acids is 1. The van der Waals surface area contributed by atoms with Gasteiger partial charge in [0.05, 0.1) is 6.42 Å². The highest BCUT2D eigenvalue weighted by molar-refractivity contribution is 5.66. The Bertz CT molecular complexity index is 137. The van der Waals surface area contributed by atoms with E-state index in [0.29, 0.717) is 12.6 Å². The lowest BCUT2D eigenvalue weighted by Crippen LogP contribution is -2.28. The summed E-state index contributed by atoms with van der Waals surface area (Å²) in [6.45, 7) is 4.88. The fourth-order valence-electron chi connectivity index (χ4n) is 1.23. The van der Waals surface area contributed by atoms with Crippen molar-refractivity contribution in [3.05, 3.63) is 0 Å². The van der Waals surface area contributed by atoms with Crippen LogP contribution >= 0.6 is 0 Å². The molecule has 0 aliphatic rings. The van der Waals surface area contributed by atoms with E-state index in [2.05, 4.69) is 19.2 Å². The van der Waals surface area contributed by atoms with Crippen LogP contribution in [0.3, 0.4) is 0 Å². The molecule has 0 unspecified atom stereocenters. The molecule has 0 aliphatic heterocycles. The van der Waals surface area contributed by atoms with Crippen LogP contribution in [0, 0.1) is 0 Å². The van der Waals surface area contributed by atoms with Crippen molar-refractivity contribution in [2.45, 2.75) is 52.0 Å². The van der Waals surface area contributed by atoms with Crippen molar-refractivity contribution < 1.29 is 9.90 Å². The summed E-state index contributed by atoms with van der Waals surface area (Å²) in [6, 6.07) is 0.450. The lowest BCUT2D eigenvalue weighted by atomic mass is 10.1. The van der Waals surface area contributed by atoms with Gasteiger partial charge in [0, 0.05) is 12.6 Å². The fraction of sp³-hybridized carbons (Fsp3) is 0.900. The molecule has 3 nitrogen and oxygen atoms in total. The molecule has 0 heterocycles. The van der Waals surface area contributed by atoms with Crippen LogP contribution in [0.25, 0.3) is 0 Å². The number of hydrogen-bond donors (Lipinski definition) is 2. The average molecular weight is 187 g/mol. The minimum Gasteiger partial charge on any atom is -0.481 e. The molecule has 0 rings (SSSR count). The molecule has 13 heavy (non-hydrogen) atoms. The summed E-state index contributed by atoms with van der Waals surface area (Å²) in [4.78, 5) is 10.2. The van der Waals surface area contributed by atoms with Crippen LogP contribution in [0.15, 0.2) is 0 Å². The first-order valence-corrected chi connectivity index (χ1v) is 5.12. The smallest absolute Gasteiger partial charge is 0.304 e. The highest BCUT2D eigenvalue weighted by atomic mass is 16.4. The van der Waals surface area contributed by atoms with Crippen molar-refractivity contribution in [1.82, 2.24) is 5.32 Å². The van der Waals surface area contributed by atoms with E-state index >= 15 is 0 Å². The molecule has 0 saturated heterocycles. The molecule has 0 saturated carbocycles. The van der Waals surface area contributed by atoms with E-state index in [4.69, 9.17) is 5.11 Å². The molecular formula is C10H21NO2. The average Bonchev–Trinajstić information content (AvgIpc) is 2.04. The van der Waals surface area contributed by atoms with E-state index in [0.717, 1.165) is 6.42 Å². The maximum absolute atomic E-state index is 10.2. The summed E-state index contributed by atoms with van der Waals surface area (Å²) < 4.78 is 0. The molecule has 0 amide bonds. The third kappa shape index (κ3) is 9.34. The maximum Gasteiger partial charge on any atom is 0.304 e. The normalized spacial score (nSPS) is 12.8. The number of aliphatic carboxylic acids is 1. The molecule has 0 aromatic rings. The lowest BCUT2D eigenvalue weighted by Gasteiger charge is -2.12. The van der Waals surface area contributed by atoms with Crippen molar-refractivity contribution in [2.75, 3.05) is 6.54 Å². The zero-order valence-corrected chi connectivity index (χ0v) is 8.68. The highest BCUT2D eigenvalue weighted by Crippen LogP contribution is 2.02. The Kier molecular flexibility index (Phi) is 7.69. The monoisotopic (exact) mass is 187 g/mol.